The fraction of sp³-hybridized carbons (Fsp3) is 0.125. The number of rotatable bonds is 7. The number of aromatic nitrogens is 1. The zero-order chi connectivity index (χ0) is 20.2. The third-order valence-corrected chi connectivity index (χ3v) is 4.79. The summed E-state index contributed by atoms with van der Waals surface area (Å²) in [7, 11) is 1.62. The Kier molecular flexibility index (Phi) is 5.20. The largest absolute Gasteiger partial charge is 0.493 e. The molecule has 4 rings (SSSR count). The molecular weight excluding hydrogens is 366 g/mol. The Balaban J connectivity index is 1.56. The monoisotopic (exact) mass is 387 g/mol. The molecule has 0 unspecified atom stereocenters. The third kappa shape index (κ3) is 4.09. The van der Waals surface area contributed by atoms with Crippen LogP contribution in [0.25, 0.3) is 10.9 Å². The Labute approximate surface area is 168 Å². The highest BCUT2D eigenvalue weighted by atomic mass is 16.5. The Hall–Kier alpha value is -3.73. The average molecular weight is 387 g/mol. The number of hydrogen-bond acceptors (Lipinski definition) is 3. The van der Waals surface area contributed by atoms with Gasteiger partial charge in [0.15, 0.2) is 11.5 Å². The highest BCUT2D eigenvalue weighted by Crippen LogP contribution is 2.31. The van der Waals surface area contributed by atoms with Crippen molar-refractivity contribution in [3.05, 3.63) is 90.1 Å². The van der Waals surface area contributed by atoms with Gasteiger partial charge < -0.3 is 19.1 Å². The van der Waals surface area contributed by atoms with Gasteiger partial charge in [-0.1, -0.05) is 42.5 Å². The number of carbonyl (C=O) groups is 1. The second kappa shape index (κ2) is 8.10. The molecular formula is C24H21NO4. The quantitative estimate of drug-likeness (QED) is 0.478. The van der Waals surface area contributed by atoms with Crippen LogP contribution in [0.5, 0.6) is 17.2 Å². The molecule has 0 aliphatic rings. The van der Waals surface area contributed by atoms with Gasteiger partial charge in [0.05, 0.1) is 13.5 Å². The summed E-state index contributed by atoms with van der Waals surface area (Å²) in [5, 5.41) is 10.2. The van der Waals surface area contributed by atoms with Crippen LogP contribution in [-0.2, 0) is 17.8 Å². The average Bonchev–Trinajstić information content (AvgIpc) is 3.06. The fourth-order valence-electron chi connectivity index (χ4n) is 3.45. The molecule has 0 fully saturated rings. The van der Waals surface area contributed by atoms with Crippen LogP contribution in [0.1, 0.15) is 11.1 Å². The van der Waals surface area contributed by atoms with Crippen LogP contribution in [0.3, 0.4) is 0 Å². The molecule has 0 radical (unpaired) electrons. The molecule has 0 atom stereocenters. The molecule has 146 valence electrons. The Morgan fingerprint density at radius 3 is 2.34 bits per heavy atom. The molecule has 3 aromatic carbocycles. The molecule has 29 heavy (non-hydrogen) atoms. The van der Waals surface area contributed by atoms with Gasteiger partial charge in [-0.15, -0.1) is 0 Å². The van der Waals surface area contributed by atoms with E-state index in [0.29, 0.717) is 18.0 Å². The Bertz CT molecular complexity index is 1150. The van der Waals surface area contributed by atoms with Crippen LogP contribution in [0.15, 0.2) is 79.0 Å². The first-order valence-electron chi connectivity index (χ1n) is 9.32. The molecule has 1 aromatic heterocycles. The van der Waals surface area contributed by atoms with E-state index >= 15 is 0 Å². The molecule has 0 aliphatic heterocycles. The van der Waals surface area contributed by atoms with Crippen LogP contribution in [0.4, 0.5) is 0 Å². The minimum Gasteiger partial charge on any atom is -0.493 e. The van der Waals surface area contributed by atoms with Gasteiger partial charge in [-0.3, -0.25) is 4.79 Å². The van der Waals surface area contributed by atoms with Gasteiger partial charge in [0.2, 0.25) is 0 Å². The van der Waals surface area contributed by atoms with Gasteiger partial charge in [-0.25, -0.2) is 0 Å². The summed E-state index contributed by atoms with van der Waals surface area (Å²) in [5.41, 5.74) is 2.95. The molecule has 0 spiro atoms. The molecule has 0 saturated heterocycles. The lowest BCUT2D eigenvalue weighted by Gasteiger charge is -2.11. The minimum absolute atomic E-state index is 0.0131. The van der Waals surface area contributed by atoms with Crippen molar-refractivity contribution in [2.24, 2.45) is 0 Å². The molecule has 5 nitrogen and oxygen atoms in total. The number of aliphatic carboxylic acids is 1. The van der Waals surface area contributed by atoms with Crippen LogP contribution in [-0.4, -0.2) is 22.8 Å². The van der Waals surface area contributed by atoms with Gasteiger partial charge in [0.25, 0.3) is 0 Å². The van der Waals surface area contributed by atoms with E-state index in [4.69, 9.17) is 9.47 Å². The third-order valence-electron chi connectivity index (χ3n) is 4.79. The number of nitrogens with zero attached hydrogens (tertiary/aromatic N) is 1. The lowest BCUT2D eigenvalue weighted by molar-refractivity contribution is -0.136. The van der Waals surface area contributed by atoms with Crippen molar-refractivity contribution in [3.8, 4) is 17.2 Å². The number of carboxylic acids is 1. The summed E-state index contributed by atoms with van der Waals surface area (Å²) in [6, 6.07) is 23.3. The maximum absolute atomic E-state index is 11.2. The molecule has 0 bridgehead atoms. The number of benzene rings is 3. The van der Waals surface area contributed by atoms with E-state index in [9.17, 15) is 9.90 Å². The summed E-state index contributed by atoms with van der Waals surface area (Å²) in [4.78, 5) is 11.2. The second-order valence-corrected chi connectivity index (χ2v) is 6.77. The van der Waals surface area contributed by atoms with E-state index in [1.54, 1.807) is 7.11 Å². The van der Waals surface area contributed by atoms with E-state index in [2.05, 4.69) is 4.57 Å². The first-order valence-corrected chi connectivity index (χ1v) is 9.32. The second-order valence-electron chi connectivity index (χ2n) is 6.77. The van der Waals surface area contributed by atoms with Crippen molar-refractivity contribution in [1.82, 2.24) is 4.57 Å². The highest BCUT2D eigenvalue weighted by molar-refractivity contribution is 5.87. The smallest absolute Gasteiger partial charge is 0.307 e. The van der Waals surface area contributed by atoms with Crippen molar-refractivity contribution < 1.29 is 19.4 Å². The lowest BCUT2D eigenvalue weighted by atomic mass is 10.1. The highest BCUT2D eigenvalue weighted by Gasteiger charge is 2.11. The Morgan fingerprint density at radius 1 is 0.931 bits per heavy atom. The van der Waals surface area contributed by atoms with Gasteiger partial charge in [-0.05, 0) is 41.5 Å². The van der Waals surface area contributed by atoms with E-state index < -0.39 is 5.97 Å². The van der Waals surface area contributed by atoms with E-state index in [0.717, 1.165) is 27.8 Å². The number of carboxylic acid groups (broad SMARTS) is 1. The fourth-order valence-corrected chi connectivity index (χ4v) is 3.45. The molecule has 1 heterocycles. The van der Waals surface area contributed by atoms with Crippen LogP contribution < -0.4 is 9.47 Å². The van der Waals surface area contributed by atoms with Crippen molar-refractivity contribution in [2.45, 2.75) is 13.0 Å². The number of ether oxygens (including phenoxy) is 2. The van der Waals surface area contributed by atoms with Crippen LogP contribution >= 0.6 is 0 Å². The standard InChI is InChI=1S/C24H21NO4/c1-28-22-8-4-5-9-23(22)29-19-12-10-17(11-13-19)15-25-16-18(14-24(26)27)20-6-2-3-7-21(20)25/h2-13,16H,14-15H2,1H3,(H,26,27). The van der Waals surface area contributed by atoms with Gasteiger partial charge in [0, 0.05) is 23.6 Å². The molecule has 1 N–H and O–H groups in total. The number of hydrogen-bond donors (Lipinski definition) is 1. The molecule has 0 aliphatic carbocycles. The topological polar surface area (TPSA) is 60.7 Å². The number of para-hydroxylation sites is 3. The molecule has 0 saturated carbocycles. The SMILES string of the molecule is COc1ccccc1Oc1ccc(Cn2cc(CC(=O)O)c3ccccc32)cc1. The molecule has 0 amide bonds. The number of fused-ring (bicyclic) bond motifs is 1. The first kappa shape index (κ1) is 18.6. The summed E-state index contributed by atoms with van der Waals surface area (Å²) in [6.45, 7) is 0.648. The molecule has 4 aromatic rings. The summed E-state index contributed by atoms with van der Waals surface area (Å²) in [5.74, 6) is 1.24. The predicted molar refractivity (Wildman–Crippen MR) is 112 cm³/mol. The van der Waals surface area contributed by atoms with E-state index in [1.165, 1.54) is 0 Å². The van der Waals surface area contributed by atoms with E-state index in [-0.39, 0.29) is 6.42 Å². The summed E-state index contributed by atoms with van der Waals surface area (Å²) < 4.78 is 13.3. The summed E-state index contributed by atoms with van der Waals surface area (Å²) in [6.07, 6.45) is 1.94. The van der Waals surface area contributed by atoms with Crippen molar-refractivity contribution in [1.29, 1.82) is 0 Å². The summed E-state index contributed by atoms with van der Waals surface area (Å²) >= 11 is 0. The minimum atomic E-state index is -0.828. The maximum atomic E-state index is 11.2. The van der Waals surface area contributed by atoms with Gasteiger partial charge >= 0.3 is 5.97 Å². The van der Waals surface area contributed by atoms with Crippen LogP contribution in [0.2, 0.25) is 0 Å². The predicted octanol–water partition coefficient (Wildman–Crippen LogP) is 5.12. The first-order chi connectivity index (χ1) is 14.1. The zero-order valence-electron chi connectivity index (χ0n) is 16.0. The van der Waals surface area contributed by atoms with E-state index in [1.807, 2.05) is 79.0 Å². The van der Waals surface area contributed by atoms with Gasteiger partial charge in [0.1, 0.15) is 5.75 Å². The Morgan fingerprint density at radius 2 is 1.62 bits per heavy atom. The van der Waals surface area contributed by atoms with Crippen molar-refractivity contribution >= 4 is 16.9 Å². The van der Waals surface area contributed by atoms with Gasteiger partial charge in [-0.2, -0.15) is 0 Å². The normalized spacial score (nSPS) is 10.8. The number of methoxy groups -OCH3 is 1. The lowest BCUT2D eigenvalue weighted by Crippen LogP contribution is -2.00. The molecule has 5 heteroatoms. The van der Waals surface area contributed by atoms with Crippen molar-refractivity contribution in [2.75, 3.05) is 7.11 Å². The maximum Gasteiger partial charge on any atom is 0.307 e. The zero-order valence-corrected chi connectivity index (χ0v) is 16.0. The van der Waals surface area contributed by atoms with Crippen LogP contribution in [0, 0.1) is 0 Å². The van der Waals surface area contributed by atoms with Crippen molar-refractivity contribution in [3.63, 3.8) is 0 Å².